The minimum Gasteiger partial charge on any atom is -0.459 e. The summed E-state index contributed by atoms with van der Waals surface area (Å²) in [6, 6.07) is 0. The lowest BCUT2D eigenvalue weighted by molar-refractivity contribution is -0.340. The van der Waals surface area contributed by atoms with Crippen LogP contribution < -0.4 is 0 Å². The summed E-state index contributed by atoms with van der Waals surface area (Å²) in [6.45, 7) is 12.8. The average molecular weight is 577 g/mol. The van der Waals surface area contributed by atoms with Gasteiger partial charge in [0.2, 0.25) is 6.10 Å². The van der Waals surface area contributed by atoms with Gasteiger partial charge < -0.3 is 34.6 Å². The third kappa shape index (κ3) is 3.29. The van der Waals surface area contributed by atoms with E-state index in [0.29, 0.717) is 5.57 Å². The van der Waals surface area contributed by atoms with Crippen molar-refractivity contribution in [3.63, 3.8) is 0 Å². The molecule has 41 heavy (non-hydrogen) atoms. The van der Waals surface area contributed by atoms with Crippen LogP contribution in [0.5, 0.6) is 0 Å². The Balaban J connectivity index is 1.42. The molecule has 11 atom stereocenters. The summed E-state index contributed by atoms with van der Waals surface area (Å²) < 4.78 is 18.0. The number of aliphatic hydroxyl groups is 4. The van der Waals surface area contributed by atoms with Gasteiger partial charge in [0, 0.05) is 22.7 Å². The first kappa shape index (κ1) is 29.2. The van der Waals surface area contributed by atoms with Crippen molar-refractivity contribution in [3.8, 4) is 0 Å². The standard InChI is InChI=1S/C31H44O10/c1-14-10-17(32)23(35)28(7)16(14)11-18-29-13-39-31(38,25(28)29)22(34)15(2)20(29)21(24(36)40-18)41-19(33)12-30(37)26(3,4)8-9-27(30,5)6/h10,15-16,18,20-23,25,34-35,37-38H,8-9,11-13H2,1-7H3/t15-,16+,18-,20-,21-,22-,23-,25-,28-,29+,31-/m1/s1. The summed E-state index contributed by atoms with van der Waals surface area (Å²) in [7, 11) is 0. The summed E-state index contributed by atoms with van der Waals surface area (Å²) in [4.78, 5) is 40.1. The maximum Gasteiger partial charge on any atom is 0.348 e. The fourth-order valence-electron chi connectivity index (χ4n) is 10.6. The lowest BCUT2D eigenvalue weighted by atomic mass is 9.38. The van der Waals surface area contributed by atoms with Gasteiger partial charge in [0.15, 0.2) is 11.6 Å². The summed E-state index contributed by atoms with van der Waals surface area (Å²) in [5.41, 5.74) is -4.20. The Labute approximate surface area is 240 Å². The highest BCUT2D eigenvalue weighted by Crippen LogP contribution is 2.74. The van der Waals surface area contributed by atoms with Crippen LogP contribution in [0.3, 0.4) is 0 Å². The minimum absolute atomic E-state index is 0.109. The number of hydrogen-bond donors (Lipinski definition) is 4. The van der Waals surface area contributed by atoms with Crippen molar-refractivity contribution in [3.05, 3.63) is 11.6 Å². The van der Waals surface area contributed by atoms with Crippen molar-refractivity contribution in [2.24, 2.45) is 45.3 Å². The van der Waals surface area contributed by atoms with Gasteiger partial charge in [-0.3, -0.25) is 9.59 Å². The van der Waals surface area contributed by atoms with E-state index in [4.69, 9.17) is 14.2 Å². The highest BCUT2D eigenvalue weighted by atomic mass is 16.7. The van der Waals surface area contributed by atoms with E-state index in [2.05, 4.69) is 0 Å². The number of carbonyl (C=O) groups is 3. The van der Waals surface area contributed by atoms with E-state index >= 15 is 0 Å². The molecule has 4 N–H and O–H groups in total. The van der Waals surface area contributed by atoms with Crippen LogP contribution in [0, 0.1) is 45.3 Å². The number of esters is 2. The van der Waals surface area contributed by atoms with Crippen LogP contribution in [0.2, 0.25) is 0 Å². The number of ether oxygens (including phenoxy) is 3. The zero-order valence-corrected chi connectivity index (χ0v) is 25.0. The maximum atomic E-state index is 13.6. The summed E-state index contributed by atoms with van der Waals surface area (Å²) in [6.07, 6.45) is -2.37. The zero-order valence-electron chi connectivity index (χ0n) is 25.0. The van der Waals surface area contributed by atoms with Gasteiger partial charge in [0.1, 0.15) is 18.3 Å². The number of rotatable bonds is 3. The lowest BCUT2D eigenvalue weighted by Gasteiger charge is -2.68. The Kier molecular flexibility index (Phi) is 5.99. The number of fused-ring (bicyclic) bond motifs is 1. The predicted molar refractivity (Wildman–Crippen MR) is 143 cm³/mol. The molecule has 4 aliphatic carbocycles. The van der Waals surface area contributed by atoms with Gasteiger partial charge in [0.25, 0.3) is 0 Å². The molecule has 0 amide bonds. The second kappa shape index (κ2) is 8.40. The summed E-state index contributed by atoms with van der Waals surface area (Å²) in [5, 5.41) is 46.7. The second-order valence-electron chi connectivity index (χ2n) is 15.4. The Morgan fingerprint density at radius 2 is 1.68 bits per heavy atom. The van der Waals surface area contributed by atoms with Gasteiger partial charge in [-0.2, -0.15) is 0 Å². The van der Waals surface area contributed by atoms with E-state index in [0.717, 1.165) is 12.8 Å². The normalized spacial score (nSPS) is 50.4. The molecule has 1 spiro atoms. The Bertz CT molecular complexity index is 1220. The van der Waals surface area contributed by atoms with E-state index in [9.17, 15) is 34.8 Å². The van der Waals surface area contributed by atoms with E-state index in [1.54, 1.807) is 20.8 Å². The first-order valence-electron chi connectivity index (χ1n) is 14.9. The predicted octanol–water partition coefficient (Wildman–Crippen LogP) is 1.66. The van der Waals surface area contributed by atoms with Crippen LogP contribution >= 0.6 is 0 Å². The smallest absolute Gasteiger partial charge is 0.348 e. The van der Waals surface area contributed by atoms with Gasteiger partial charge in [-0.25, -0.2) is 4.79 Å². The summed E-state index contributed by atoms with van der Waals surface area (Å²) in [5.74, 6) is -7.13. The topological polar surface area (TPSA) is 160 Å². The first-order chi connectivity index (χ1) is 18.8. The molecular weight excluding hydrogens is 532 g/mol. The Hall–Kier alpha value is -1.85. The third-order valence-corrected chi connectivity index (χ3v) is 12.9. The molecule has 10 heteroatoms. The number of carbonyl (C=O) groups excluding carboxylic acids is 3. The molecule has 2 aliphatic heterocycles. The van der Waals surface area contributed by atoms with Crippen LogP contribution in [0.4, 0.5) is 0 Å². The van der Waals surface area contributed by atoms with E-state index in [-0.39, 0.29) is 19.4 Å². The molecule has 2 heterocycles. The van der Waals surface area contributed by atoms with E-state index in [1.165, 1.54) is 6.08 Å². The molecule has 10 nitrogen and oxygen atoms in total. The fourth-order valence-corrected chi connectivity index (χ4v) is 10.6. The fraction of sp³-hybridized carbons (Fsp3) is 0.839. The first-order valence-corrected chi connectivity index (χ1v) is 14.9. The van der Waals surface area contributed by atoms with Crippen molar-refractivity contribution < 1.29 is 49.0 Å². The maximum absolute atomic E-state index is 13.6. The quantitative estimate of drug-likeness (QED) is 0.364. The van der Waals surface area contributed by atoms with Crippen LogP contribution in [0.1, 0.15) is 74.1 Å². The highest BCUT2D eigenvalue weighted by Gasteiger charge is 2.83. The average Bonchev–Trinajstić information content (AvgIpc) is 3.25. The van der Waals surface area contributed by atoms with Gasteiger partial charge in [-0.15, -0.1) is 0 Å². The number of allylic oxidation sites excluding steroid dienone is 1. The number of hydrogen-bond acceptors (Lipinski definition) is 10. The SMILES string of the molecule is CC1=CC(=O)[C@@H](O)[C@]2(C)[C@H]3[C@]4(O)OC[C@]35[C@H]([C@@H](C)[C@H]4O)[C@@H](OC(=O)CC3(O)C(C)(C)CCC3(C)C)C(=O)O[C@@H]5C[C@@H]12. The minimum atomic E-state index is -2.12. The molecule has 3 saturated carbocycles. The van der Waals surface area contributed by atoms with Crippen molar-refractivity contribution in [1.29, 1.82) is 0 Å². The Morgan fingerprint density at radius 1 is 1.07 bits per heavy atom. The zero-order chi connectivity index (χ0) is 30.3. The van der Waals surface area contributed by atoms with Crippen LogP contribution in [0.25, 0.3) is 0 Å². The molecule has 0 unspecified atom stereocenters. The molecule has 0 aromatic rings. The molecule has 2 saturated heterocycles. The van der Waals surface area contributed by atoms with E-state index in [1.807, 2.05) is 27.7 Å². The van der Waals surface area contributed by atoms with Crippen molar-refractivity contribution in [1.82, 2.24) is 0 Å². The lowest BCUT2D eigenvalue weighted by Crippen LogP contribution is -2.78. The molecule has 0 aromatic heterocycles. The van der Waals surface area contributed by atoms with Crippen LogP contribution in [0.15, 0.2) is 11.6 Å². The molecule has 5 fully saturated rings. The number of aliphatic hydroxyl groups excluding tert-OH is 2. The van der Waals surface area contributed by atoms with Crippen molar-refractivity contribution in [2.45, 2.75) is 110 Å². The molecular formula is C31H44O10. The van der Waals surface area contributed by atoms with Gasteiger partial charge in [-0.1, -0.05) is 47.1 Å². The highest BCUT2D eigenvalue weighted by molar-refractivity contribution is 5.96. The Morgan fingerprint density at radius 3 is 2.29 bits per heavy atom. The molecule has 0 radical (unpaired) electrons. The van der Waals surface area contributed by atoms with Crippen LogP contribution in [-0.2, 0) is 28.6 Å². The molecule has 0 aromatic carbocycles. The van der Waals surface area contributed by atoms with Crippen molar-refractivity contribution in [2.75, 3.05) is 6.61 Å². The second-order valence-corrected chi connectivity index (χ2v) is 15.4. The summed E-state index contributed by atoms with van der Waals surface area (Å²) >= 11 is 0. The molecule has 6 rings (SSSR count). The molecule has 2 bridgehead atoms. The van der Waals surface area contributed by atoms with Gasteiger partial charge in [-0.05, 0) is 54.9 Å². The monoisotopic (exact) mass is 576 g/mol. The van der Waals surface area contributed by atoms with Gasteiger partial charge in [0.05, 0.1) is 18.6 Å². The van der Waals surface area contributed by atoms with Gasteiger partial charge >= 0.3 is 11.9 Å². The van der Waals surface area contributed by atoms with Crippen LogP contribution in [-0.4, -0.2) is 80.6 Å². The largest absolute Gasteiger partial charge is 0.459 e. The molecule has 228 valence electrons. The van der Waals surface area contributed by atoms with Crippen molar-refractivity contribution >= 4 is 17.7 Å². The number of ketones is 1. The molecule has 6 aliphatic rings. The van der Waals surface area contributed by atoms with E-state index < -0.39 is 98.9 Å². The third-order valence-electron chi connectivity index (χ3n) is 12.9.